The molecule has 39 heavy (non-hydrogen) atoms. The Balaban J connectivity index is 1.52. The number of rotatable bonds is 6. The number of nitrogens with zero attached hydrogens (tertiary/aromatic N) is 3. The number of halogens is 3. The van der Waals surface area contributed by atoms with Gasteiger partial charge in [0.05, 0.1) is 45.5 Å². The Bertz CT molecular complexity index is 1580. The standard InChI is InChI=1S/C24H17Cl3N4O7S/c25-13-3-1-4-16(7-13)39(35,36)31-11-15(10-30-20(32)12-37-24(30)34)38-23-19(31)8-14(9-28-23)29-22(33)21-17(26)5-2-6-18(21)27/h1-9,15H,10-12H2,(H,29,33)/t15-/m0/s1. The molecule has 2 aromatic carbocycles. The molecule has 2 aliphatic heterocycles. The molecule has 1 N–H and O–H groups in total. The van der Waals surface area contributed by atoms with Gasteiger partial charge in [0.2, 0.25) is 5.88 Å². The van der Waals surface area contributed by atoms with Crippen molar-refractivity contribution >= 4 is 74.1 Å². The van der Waals surface area contributed by atoms with Crippen LogP contribution in [0.5, 0.6) is 5.88 Å². The number of sulfonamides is 1. The van der Waals surface area contributed by atoms with Gasteiger partial charge < -0.3 is 14.8 Å². The summed E-state index contributed by atoms with van der Waals surface area (Å²) in [4.78, 5) is 41.8. The highest BCUT2D eigenvalue weighted by atomic mass is 35.5. The zero-order chi connectivity index (χ0) is 27.9. The predicted molar refractivity (Wildman–Crippen MR) is 142 cm³/mol. The zero-order valence-corrected chi connectivity index (χ0v) is 22.7. The van der Waals surface area contributed by atoms with Gasteiger partial charge in [-0.15, -0.1) is 0 Å². The normalized spacial score (nSPS) is 16.9. The Morgan fingerprint density at radius 2 is 1.79 bits per heavy atom. The van der Waals surface area contributed by atoms with Gasteiger partial charge in [-0.3, -0.25) is 13.9 Å². The molecule has 0 saturated carbocycles. The third kappa shape index (κ3) is 5.33. The van der Waals surface area contributed by atoms with Crippen LogP contribution in [0.25, 0.3) is 0 Å². The number of ether oxygens (including phenoxy) is 2. The first-order chi connectivity index (χ1) is 18.5. The summed E-state index contributed by atoms with van der Waals surface area (Å²) in [6, 6.07) is 11.6. The van der Waals surface area contributed by atoms with Crippen molar-refractivity contribution in [1.82, 2.24) is 9.88 Å². The molecule has 3 heterocycles. The monoisotopic (exact) mass is 610 g/mol. The van der Waals surface area contributed by atoms with Crippen LogP contribution in [0.1, 0.15) is 10.4 Å². The van der Waals surface area contributed by atoms with Crippen LogP contribution < -0.4 is 14.4 Å². The van der Waals surface area contributed by atoms with Crippen LogP contribution in [-0.2, 0) is 19.6 Å². The largest absolute Gasteiger partial charge is 0.469 e. The number of aromatic nitrogens is 1. The van der Waals surface area contributed by atoms with Gasteiger partial charge in [0.1, 0.15) is 11.8 Å². The molecule has 1 fully saturated rings. The van der Waals surface area contributed by atoms with Crippen LogP contribution in [0.3, 0.4) is 0 Å². The van der Waals surface area contributed by atoms with Crippen LogP contribution in [0, 0.1) is 0 Å². The Morgan fingerprint density at radius 1 is 1.08 bits per heavy atom. The molecular formula is C24H17Cl3N4O7S. The molecule has 3 amide bonds. The average molecular weight is 612 g/mol. The molecule has 2 aliphatic rings. The zero-order valence-electron chi connectivity index (χ0n) is 19.6. The Morgan fingerprint density at radius 3 is 2.46 bits per heavy atom. The summed E-state index contributed by atoms with van der Waals surface area (Å²) in [5, 5.41) is 3.05. The lowest BCUT2D eigenvalue weighted by Gasteiger charge is -2.35. The van der Waals surface area contributed by atoms with Gasteiger partial charge in [-0.1, -0.05) is 46.9 Å². The highest BCUT2D eigenvalue weighted by molar-refractivity contribution is 7.92. The second-order valence-corrected chi connectivity index (χ2v) is 11.5. The van der Waals surface area contributed by atoms with Crippen LogP contribution in [-0.4, -0.2) is 62.0 Å². The average Bonchev–Trinajstić information content (AvgIpc) is 3.20. The molecule has 1 saturated heterocycles. The smallest absolute Gasteiger partial charge is 0.417 e. The highest BCUT2D eigenvalue weighted by Gasteiger charge is 2.40. The minimum absolute atomic E-state index is 0.00426. The number of hydrogen-bond donors (Lipinski definition) is 1. The molecule has 0 unspecified atom stereocenters. The summed E-state index contributed by atoms with van der Waals surface area (Å²) < 4.78 is 39.1. The predicted octanol–water partition coefficient (Wildman–Crippen LogP) is 4.23. The fraction of sp³-hybridized carbons (Fsp3) is 0.167. The Kier molecular flexibility index (Phi) is 7.29. The molecule has 1 aromatic heterocycles. The summed E-state index contributed by atoms with van der Waals surface area (Å²) >= 11 is 18.3. The molecule has 0 radical (unpaired) electrons. The van der Waals surface area contributed by atoms with E-state index in [1.54, 1.807) is 6.07 Å². The van der Waals surface area contributed by atoms with Gasteiger partial charge in [0.15, 0.2) is 6.61 Å². The van der Waals surface area contributed by atoms with Crippen molar-refractivity contribution in [3.05, 3.63) is 75.4 Å². The fourth-order valence-electron chi connectivity index (χ4n) is 4.00. The van der Waals surface area contributed by atoms with Gasteiger partial charge in [0, 0.05) is 5.02 Å². The van der Waals surface area contributed by atoms with E-state index in [4.69, 9.17) is 44.3 Å². The van der Waals surface area contributed by atoms with E-state index in [0.717, 1.165) is 9.21 Å². The fourth-order valence-corrected chi connectivity index (χ4v) is 6.36. The summed E-state index contributed by atoms with van der Waals surface area (Å²) in [7, 11) is -4.25. The second kappa shape index (κ2) is 10.5. The Labute approximate surface area is 237 Å². The van der Waals surface area contributed by atoms with Crippen molar-refractivity contribution in [2.75, 3.05) is 29.3 Å². The molecular weight excluding hydrogens is 595 g/mol. The van der Waals surface area contributed by atoms with Crippen LogP contribution in [0.4, 0.5) is 16.2 Å². The van der Waals surface area contributed by atoms with Gasteiger partial charge in [-0.25, -0.2) is 23.1 Å². The van der Waals surface area contributed by atoms with Gasteiger partial charge >= 0.3 is 6.09 Å². The minimum Gasteiger partial charge on any atom is -0.469 e. The third-order valence-electron chi connectivity index (χ3n) is 5.81. The maximum Gasteiger partial charge on any atom is 0.417 e. The number of cyclic esters (lactones) is 1. The Hall–Kier alpha value is -3.58. The lowest BCUT2D eigenvalue weighted by atomic mass is 10.2. The summed E-state index contributed by atoms with van der Waals surface area (Å²) in [5.74, 6) is -1.33. The van der Waals surface area contributed by atoms with Crippen molar-refractivity contribution in [1.29, 1.82) is 0 Å². The molecule has 1 atom stereocenters. The van der Waals surface area contributed by atoms with E-state index < -0.39 is 40.6 Å². The third-order valence-corrected chi connectivity index (χ3v) is 8.45. The first-order valence-electron chi connectivity index (χ1n) is 11.2. The molecule has 0 bridgehead atoms. The van der Waals surface area contributed by atoms with Crippen LogP contribution >= 0.6 is 34.8 Å². The summed E-state index contributed by atoms with van der Waals surface area (Å²) in [6.07, 6.45) is -0.581. The number of pyridine rings is 1. The topological polar surface area (TPSA) is 135 Å². The van der Waals surface area contributed by atoms with Crippen LogP contribution in [0.2, 0.25) is 15.1 Å². The maximum absolute atomic E-state index is 13.7. The van der Waals surface area contributed by atoms with Crippen molar-refractivity contribution < 1.29 is 32.3 Å². The number of anilines is 2. The van der Waals surface area contributed by atoms with Crippen molar-refractivity contribution in [3.63, 3.8) is 0 Å². The number of amides is 3. The van der Waals surface area contributed by atoms with E-state index >= 15 is 0 Å². The summed E-state index contributed by atoms with van der Waals surface area (Å²) in [5.41, 5.74) is 0.159. The minimum atomic E-state index is -4.25. The van der Waals surface area contributed by atoms with Crippen LogP contribution in [0.15, 0.2) is 59.6 Å². The van der Waals surface area contributed by atoms with Crippen molar-refractivity contribution in [3.8, 4) is 5.88 Å². The highest BCUT2D eigenvalue weighted by Crippen LogP contribution is 2.38. The molecule has 0 spiro atoms. The molecule has 3 aromatic rings. The molecule has 11 nitrogen and oxygen atoms in total. The van der Waals surface area contributed by atoms with E-state index in [-0.39, 0.29) is 55.9 Å². The van der Waals surface area contributed by atoms with Crippen molar-refractivity contribution in [2.24, 2.45) is 0 Å². The first-order valence-corrected chi connectivity index (χ1v) is 13.8. The van der Waals surface area contributed by atoms with E-state index in [9.17, 15) is 22.8 Å². The van der Waals surface area contributed by atoms with Crippen molar-refractivity contribution in [2.45, 2.75) is 11.0 Å². The number of benzene rings is 2. The molecule has 0 aliphatic carbocycles. The van der Waals surface area contributed by atoms with Gasteiger partial charge in [-0.05, 0) is 36.4 Å². The number of fused-ring (bicyclic) bond motifs is 1. The number of nitrogens with one attached hydrogen (secondary N) is 1. The molecule has 5 rings (SSSR count). The number of hydrogen-bond acceptors (Lipinski definition) is 8. The SMILES string of the molecule is O=C(Nc1cnc2c(c1)N(S(=O)(=O)c1cccc(Cl)c1)C[C@H](CN1C(=O)COC1=O)O2)c1c(Cl)cccc1Cl. The number of carbonyl (C=O) groups is 3. The summed E-state index contributed by atoms with van der Waals surface area (Å²) in [6.45, 7) is -0.985. The maximum atomic E-state index is 13.7. The lowest BCUT2D eigenvalue weighted by Crippen LogP contribution is -2.49. The molecule has 15 heteroatoms. The van der Waals surface area contributed by atoms with E-state index in [2.05, 4.69) is 10.3 Å². The molecule has 202 valence electrons. The second-order valence-electron chi connectivity index (χ2n) is 8.39. The van der Waals surface area contributed by atoms with E-state index in [1.165, 1.54) is 48.7 Å². The first kappa shape index (κ1) is 27.0. The lowest BCUT2D eigenvalue weighted by molar-refractivity contribution is -0.126. The number of carbonyl (C=O) groups excluding carboxylic acids is 3. The van der Waals surface area contributed by atoms with E-state index in [0.29, 0.717) is 0 Å². The van der Waals surface area contributed by atoms with E-state index in [1.807, 2.05) is 0 Å². The van der Waals surface area contributed by atoms with Gasteiger partial charge in [-0.2, -0.15) is 0 Å². The van der Waals surface area contributed by atoms with Gasteiger partial charge in [0.25, 0.3) is 21.8 Å². The number of imide groups is 1. The quantitative estimate of drug-likeness (QED) is 0.438.